The van der Waals surface area contributed by atoms with Crippen LogP contribution in [-0.2, 0) is 0 Å². The average Bonchev–Trinajstić information content (AvgIpc) is 2.15. The number of rotatable bonds is 4. The molecule has 82 valence electrons. The summed E-state index contributed by atoms with van der Waals surface area (Å²) < 4.78 is 0. The van der Waals surface area contributed by atoms with Crippen LogP contribution < -0.4 is 11.1 Å². The fraction of sp³-hybridized carbons (Fsp3) is 0.900. The molecule has 0 radical (unpaired) electrons. The van der Waals surface area contributed by atoms with Crippen molar-refractivity contribution in [2.24, 2.45) is 5.73 Å². The average molecular weight is 199 g/mol. The Balaban J connectivity index is 2.09. The van der Waals surface area contributed by atoms with Crippen LogP contribution in [-0.4, -0.2) is 36.6 Å². The normalized spacial score (nSPS) is 20.4. The van der Waals surface area contributed by atoms with Gasteiger partial charge < -0.3 is 16.0 Å². The summed E-state index contributed by atoms with van der Waals surface area (Å²) in [6, 6.07) is -0.231. The highest BCUT2D eigenvalue weighted by atomic mass is 16.2. The topological polar surface area (TPSA) is 58.4 Å². The highest BCUT2D eigenvalue weighted by Gasteiger charge is 2.11. The molecular weight excluding hydrogens is 178 g/mol. The highest BCUT2D eigenvalue weighted by Crippen LogP contribution is 2.09. The molecule has 0 spiro atoms. The monoisotopic (exact) mass is 199 g/mol. The Morgan fingerprint density at radius 1 is 1.43 bits per heavy atom. The summed E-state index contributed by atoms with van der Waals surface area (Å²) in [6.45, 7) is 5.49. The number of nitrogens with one attached hydrogen (secondary N) is 1. The van der Waals surface area contributed by atoms with Crippen molar-refractivity contribution >= 4 is 6.03 Å². The van der Waals surface area contributed by atoms with E-state index in [0.29, 0.717) is 0 Å². The number of carbonyl (C=O) groups excluding carboxylic acids is 1. The molecule has 4 nitrogen and oxygen atoms in total. The van der Waals surface area contributed by atoms with E-state index in [2.05, 4.69) is 10.2 Å². The van der Waals surface area contributed by atoms with E-state index in [4.69, 9.17) is 5.73 Å². The second-order valence-electron chi connectivity index (χ2n) is 4.10. The molecule has 1 saturated heterocycles. The van der Waals surface area contributed by atoms with E-state index in [9.17, 15) is 4.79 Å². The number of urea groups is 1. The molecule has 4 heteroatoms. The predicted molar refractivity (Wildman–Crippen MR) is 57.1 cm³/mol. The molecule has 2 amide bonds. The van der Waals surface area contributed by atoms with Crippen molar-refractivity contribution in [2.75, 3.05) is 19.6 Å². The van der Waals surface area contributed by atoms with E-state index in [-0.39, 0.29) is 6.04 Å². The lowest BCUT2D eigenvalue weighted by Crippen LogP contribution is -2.40. The van der Waals surface area contributed by atoms with Crippen LogP contribution in [0.15, 0.2) is 0 Å². The van der Waals surface area contributed by atoms with Gasteiger partial charge in [-0.25, -0.2) is 4.79 Å². The second kappa shape index (κ2) is 5.86. The van der Waals surface area contributed by atoms with Gasteiger partial charge in [-0.3, -0.25) is 0 Å². The van der Waals surface area contributed by atoms with Gasteiger partial charge in [-0.2, -0.15) is 0 Å². The first-order valence-corrected chi connectivity index (χ1v) is 5.47. The summed E-state index contributed by atoms with van der Waals surface area (Å²) in [7, 11) is 0. The summed E-state index contributed by atoms with van der Waals surface area (Å²) in [5.74, 6) is 0. The van der Waals surface area contributed by atoms with E-state index < -0.39 is 6.03 Å². The maximum Gasteiger partial charge on any atom is 0.312 e. The number of nitrogens with zero attached hydrogens (tertiary/aromatic N) is 1. The van der Waals surface area contributed by atoms with Gasteiger partial charge >= 0.3 is 6.03 Å². The standard InChI is InChI=1S/C10H21N3O/c1-9(12-10(11)14)5-8-13-6-3-2-4-7-13/h9H,2-8H2,1H3,(H3,11,12,14). The largest absolute Gasteiger partial charge is 0.352 e. The molecule has 14 heavy (non-hydrogen) atoms. The molecule has 3 N–H and O–H groups in total. The van der Waals surface area contributed by atoms with Crippen LogP contribution in [0.1, 0.15) is 32.6 Å². The summed E-state index contributed by atoms with van der Waals surface area (Å²) in [6.07, 6.45) is 4.99. The summed E-state index contributed by atoms with van der Waals surface area (Å²) in [4.78, 5) is 13.0. The Morgan fingerprint density at radius 3 is 2.64 bits per heavy atom. The SMILES string of the molecule is CC(CCN1CCCCC1)NC(N)=O. The molecular formula is C10H21N3O. The third-order valence-corrected chi connectivity index (χ3v) is 2.72. The molecule has 0 aliphatic carbocycles. The van der Waals surface area contributed by atoms with Gasteiger partial charge in [0.1, 0.15) is 0 Å². The number of carbonyl (C=O) groups is 1. The first-order valence-electron chi connectivity index (χ1n) is 5.47. The number of primary amides is 1. The number of hydrogen-bond acceptors (Lipinski definition) is 2. The number of likely N-dealkylation sites (tertiary alicyclic amines) is 1. The molecule has 1 rings (SSSR count). The van der Waals surface area contributed by atoms with Crippen LogP contribution in [0.4, 0.5) is 4.79 Å². The van der Waals surface area contributed by atoms with E-state index in [1.54, 1.807) is 0 Å². The fourth-order valence-electron chi connectivity index (χ4n) is 1.87. The van der Waals surface area contributed by atoms with Crippen molar-refractivity contribution in [3.63, 3.8) is 0 Å². The van der Waals surface area contributed by atoms with Crippen LogP contribution in [0.3, 0.4) is 0 Å². The van der Waals surface area contributed by atoms with Crippen LogP contribution in [0.2, 0.25) is 0 Å². The van der Waals surface area contributed by atoms with E-state index in [1.165, 1.54) is 32.4 Å². The molecule has 1 aliphatic heterocycles. The Labute approximate surface area is 85.8 Å². The summed E-state index contributed by atoms with van der Waals surface area (Å²) in [5, 5.41) is 2.69. The quantitative estimate of drug-likeness (QED) is 0.707. The van der Waals surface area contributed by atoms with Crippen molar-refractivity contribution < 1.29 is 4.79 Å². The summed E-state index contributed by atoms with van der Waals surface area (Å²) >= 11 is 0. The Kier molecular flexibility index (Phi) is 4.73. The number of hydrogen-bond donors (Lipinski definition) is 2. The molecule has 1 heterocycles. The molecule has 0 aromatic heterocycles. The molecule has 0 saturated carbocycles. The lowest BCUT2D eigenvalue weighted by atomic mass is 10.1. The van der Waals surface area contributed by atoms with E-state index >= 15 is 0 Å². The van der Waals surface area contributed by atoms with Crippen molar-refractivity contribution in [1.82, 2.24) is 10.2 Å². The summed E-state index contributed by atoms with van der Waals surface area (Å²) in [5.41, 5.74) is 5.04. The van der Waals surface area contributed by atoms with Gasteiger partial charge in [-0.15, -0.1) is 0 Å². The number of amides is 2. The van der Waals surface area contributed by atoms with Gasteiger partial charge in [0.2, 0.25) is 0 Å². The molecule has 0 aromatic rings. The predicted octanol–water partition coefficient (Wildman–Crippen LogP) is 0.919. The van der Waals surface area contributed by atoms with E-state index in [1.807, 2.05) is 6.92 Å². The third kappa shape index (κ3) is 4.46. The number of nitrogens with two attached hydrogens (primary N) is 1. The lowest BCUT2D eigenvalue weighted by molar-refractivity contribution is 0.216. The smallest absolute Gasteiger partial charge is 0.312 e. The minimum atomic E-state index is -0.420. The van der Waals surface area contributed by atoms with Crippen molar-refractivity contribution in [3.8, 4) is 0 Å². The molecule has 1 unspecified atom stereocenters. The zero-order chi connectivity index (χ0) is 10.4. The highest BCUT2D eigenvalue weighted by molar-refractivity contribution is 5.71. The second-order valence-corrected chi connectivity index (χ2v) is 4.10. The minimum Gasteiger partial charge on any atom is -0.352 e. The van der Waals surface area contributed by atoms with Gasteiger partial charge in [0.15, 0.2) is 0 Å². The van der Waals surface area contributed by atoms with Crippen LogP contribution in [0, 0.1) is 0 Å². The maximum atomic E-state index is 10.6. The Hall–Kier alpha value is -0.770. The zero-order valence-electron chi connectivity index (χ0n) is 8.96. The molecule has 1 atom stereocenters. The first kappa shape index (κ1) is 11.3. The van der Waals surface area contributed by atoms with Crippen molar-refractivity contribution in [2.45, 2.75) is 38.6 Å². The lowest BCUT2D eigenvalue weighted by Gasteiger charge is -2.27. The van der Waals surface area contributed by atoms with Crippen LogP contribution >= 0.6 is 0 Å². The van der Waals surface area contributed by atoms with Crippen molar-refractivity contribution in [3.05, 3.63) is 0 Å². The van der Waals surface area contributed by atoms with Crippen LogP contribution in [0.25, 0.3) is 0 Å². The third-order valence-electron chi connectivity index (χ3n) is 2.72. The maximum absolute atomic E-state index is 10.6. The van der Waals surface area contributed by atoms with Gasteiger partial charge in [-0.1, -0.05) is 6.42 Å². The van der Waals surface area contributed by atoms with Gasteiger partial charge in [0, 0.05) is 12.6 Å². The Morgan fingerprint density at radius 2 is 2.07 bits per heavy atom. The minimum absolute atomic E-state index is 0.189. The molecule has 0 bridgehead atoms. The van der Waals surface area contributed by atoms with Gasteiger partial charge in [0.25, 0.3) is 0 Å². The fourth-order valence-corrected chi connectivity index (χ4v) is 1.87. The first-order chi connectivity index (χ1) is 6.68. The molecule has 0 aromatic carbocycles. The molecule has 1 fully saturated rings. The Bertz CT molecular complexity index is 178. The molecule has 1 aliphatic rings. The van der Waals surface area contributed by atoms with Gasteiger partial charge in [-0.05, 0) is 39.3 Å². The van der Waals surface area contributed by atoms with Crippen LogP contribution in [0.5, 0.6) is 0 Å². The van der Waals surface area contributed by atoms with E-state index in [0.717, 1.165) is 13.0 Å². The number of piperidine rings is 1. The van der Waals surface area contributed by atoms with Crippen molar-refractivity contribution in [1.29, 1.82) is 0 Å². The van der Waals surface area contributed by atoms with Gasteiger partial charge in [0.05, 0.1) is 0 Å². The zero-order valence-corrected chi connectivity index (χ0v) is 8.96.